The van der Waals surface area contributed by atoms with Crippen molar-refractivity contribution in [3.05, 3.63) is 64.9 Å². The van der Waals surface area contributed by atoms with E-state index in [4.69, 9.17) is 11.6 Å². The van der Waals surface area contributed by atoms with E-state index in [1.807, 2.05) is 18.2 Å². The second-order valence-electron chi connectivity index (χ2n) is 6.79. The maximum absolute atomic E-state index is 13.1. The van der Waals surface area contributed by atoms with Crippen molar-refractivity contribution in [2.24, 2.45) is 0 Å². The number of nitrogens with one attached hydrogen (secondary N) is 1. The Labute approximate surface area is 169 Å². The third-order valence-corrected chi connectivity index (χ3v) is 7.18. The van der Waals surface area contributed by atoms with E-state index in [-0.39, 0.29) is 23.8 Å². The summed E-state index contributed by atoms with van der Waals surface area (Å²) in [5.74, 6) is -0.723. The summed E-state index contributed by atoms with van der Waals surface area (Å²) in [6.07, 6.45) is 2.28. The lowest BCUT2D eigenvalue weighted by atomic mass is 10.0. The summed E-state index contributed by atoms with van der Waals surface area (Å²) in [6, 6.07) is 11.6. The van der Waals surface area contributed by atoms with Crippen LogP contribution in [0, 0.1) is 5.82 Å². The van der Waals surface area contributed by atoms with Crippen molar-refractivity contribution in [1.82, 2.24) is 9.62 Å². The van der Waals surface area contributed by atoms with Gasteiger partial charge in [0.25, 0.3) is 0 Å². The number of benzene rings is 2. The molecule has 2 aromatic carbocycles. The molecule has 0 unspecified atom stereocenters. The van der Waals surface area contributed by atoms with Gasteiger partial charge in [0, 0.05) is 30.6 Å². The van der Waals surface area contributed by atoms with E-state index >= 15 is 0 Å². The SMILES string of the molecule is O=C(C[C@@H]1CCCCN1S(=O)(=O)c1ccc(F)cc1)NCc1ccccc1Cl. The van der Waals surface area contributed by atoms with Crippen LogP contribution in [0.15, 0.2) is 53.4 Å². The maximum atomic E-state index is 13.1. The van der Waals surface area contributed by atoms with Gasteiger partial charge in [0.1, 0.15) is 5.82 Å². The van der Waals surface area contributed by atoms with Crippen molar-refractivity contribution < 1.29 is 17.6 Å². The predicted molar refractivity (Wildman–Crippen MR) is 106 cm³/mol. The van der Waals surface area contributed by atoms with Gasteiger partial charge >= 0.3 is 0 Å². The zero-order chi connectivity index (χ0) is 20.1. The maximum Gasteiger partial charge on any atom is 0.243 e. The molecular formula is C20H22ClFN2O3S. The van der Waals surface area contributed by atoms with Gasteiger partial charge in [0.15, 0.2) is 0 Å². The number of amides is 1. The summed E-state index contributed by atoms with van der Waals surface area (Å²) in [5.41, 5.74) is 0.803. The van der Waals surface area contributed by atoms with Gasteiger partial charge in [-0.15, -0.1) is 0 Å². The van der Waals surface area contributed by atoms with E-state index in [0.29, 0.717) is 18.0 Å². The number of halogens is 2. The molecule has 3 rings (SSSR count). The van der Waals surface area contributed by atoms with Crippen molar-refractivity contribution in [2.75, 3.05) is 6.54 Å². The second kappa shape index (κ2) is 9.03. The Morgan fingerprint density at radius 3 is 2.57 bits per heavy atom. The van der Waals surface area contributed by atoms with Crippen LogP contribution in [0.2, 0.25) is 5.02 Å². The molecule has 1 saturated heterocycles. The summed E-state index contributed by atoms with van der Waals surface area (Å²) in [4.78, 5) is 12.5. The molecule has 28 heavy (non-hydrogen) atoms. The molecule has 1 N–H and O–H groups in total. The normalized spacial score (nSPS) is 18.0. The molecule has 150 valence electrons. The Morgan fingerprint density at radius 2 is 1.86 bits per heavy atom. The molecule has 0 aromatic heterocycles. The number of carbonyl (C=O) groups is 1. The molecule has 1 fully saturated rings. The number of nitrogens with zero attached hydrogens (tertiary/aromatic N) is 1. The standard InChI is InChI=1S/C20H22ClFN2O3S/c21-19-7-2-1-5-15(19)14-23-20(25)13-17-6-3-4-12-24(17)28(26,27)18-10-8-16(22)9-11-18/h1-2,5,7-11,17H,3-4,6,12-14H2,(H,23,25)/t17-/m0/s1. The molecule has 0 saturated carbocycles. The largest absolute Gasteiger partial charge is 0.352 e. The Kier molecular flexibility index (Phi) is 6.69. The summed E-state index contributed by atoms with van der Waals surface area (Å²) in [7, 11) is -3.78. The number of piperidine rings is 1. The highest BCUT2D eigenvalue weighted by Gasteiger charge is 2.34. The Bertz CT molecular complexity index is 935. The van der Waals surface area contributed by atoms with Gasteiger partial charge in [-0.1, -0.05) is 36.2 Å². The number of sulfonamides is 1. The number of hydrogen-bond donors (Lipinski definition) is 1. The van der Waals surface area contributed by atoms with Crippen molar-refractivity contribution in [3.63, 3.8) is 0 Å². The summed E-state index contributed by atoms with van der Waals surface area (Å²) >= 11 is 6.10. The minimum absolute atomic E-state index is 0.0391. The monoisotopic (exact) mass is 424 g/mol. The van der Waals surface area contributed by atoms with Gasteiger partial charge in [-0.3, -0.25) is 4.79 Å². The van der Waals surface area contributed by atoms with Crippen LogP contribution in [-0.4, -0.2) is 31.2 Å². The van der Waals surface area contributed by atoms with E-state index in [9.17, 15) is 17.6 Å². The number of rotatable bonds is 6. The summed E-state index contributed by atoms with van der Waals surface area (Å²) in [6.45, 7) is 0.637. The fraction of sp³-hybridized carbons (Fsp3) is 0.350. The van der Waals surface area contributed by atoms with Crippen LogP contribution in [0.25, 0.3) is 0 Å². The van der Waals surface area contributed by atoms with Gasteiger partial charge in [-0.05, 0) is 48.7 Å². The Balaban J connectivity index is 1.68. The average Bonchev–Trinajstić information content (AvgIpc) is 2.68. The second-order valence-corrected chi connectivity index (χ2v) is 9.09. The van der Waals surface area contributed by atoms with Crippen LogP contribution in [0.4, 0.5) is 4.39 Å². The van der Waals surface area contributed by atoms with Gasteiger partial charge in [-0.25, -0.2) is 12.8 Å². The van der Waals surface area contributed by atoms with E-state index in [0.717, 1.165) is 30.5 Å². The number of hydrogen-bond acceptors (Lipinski definition) is 3. The summed E-state index contributed by atoms with van der Waals surface area (Å²) in [5, 5.41) is 3.38. The lowest BCUT2D eigenvalue weighted by Crippen LogP contribution is -2.45. The quantitative estimate of drug-likeness (QED) is 0.768. The van der Waals surface area contributed by atoms with Gasteiger partial charge in [0.05, 0.1) is 4.90 Å². The number of carbonyl (C=O) groups excluding carboxylic acids is 1. The molecule has 0 aliphatic carbocycles. The zero-order valence-electron chi connectivity index (χ0n) is 15.3. The fourth-order valence-corrected chi connectivity index (χ4v) is 5.25. The molecule has 1 amide bonds. The van der Waals surface area contributed by atoms with Crippen molar-refractivity contribution in [3.8, 4) is 0 Å². The molecule has 5 nitrogen and oxygen atoms in total. The van der Waals surface area contributed by atoms with Crippen LogP contribution in [-0.2, 0) is 21.4 Å². The molecule has 2 aromatic rings. The molecule has 1 atom stereocenters. The van der Waals surface area contributed by atoms with Crippen LogP contribution in [0.3, 0.4) is 0 Å². The first-order valence-electron chi connectivity index (χ1n) is 9.15. The molecule has 0 spiro atoms. The van der Waals surface area contributed by atoms with Crippen LogP contribution in [0.5, 0.6) is 0 Å². The third-order valence-electron chi connectivity index (χ3n) is 4.85. The molecule has 8 heteroatoms. The van der Waals surface area contributed by atoms with Crippen LogP contribution in [0.1, 0.15) is 31.2 Å². The third kappa shape index (κ3) is 4.90. The Hall–Kier alpha value is -1.96. The first kappa shape index (κ1) is 20.8. The van der Waals surface area contributed by atoms with Crippen LogP contribution >= 0.6 is 11.6 Å². The first-order valence-corrected chi connectivity index (χ1v) is 11.0. The lowest BCUT2D eigenvalue weighted by Gasteiger charge is -2.34. The molecule has 1 aliphatic rings. The van der Waals surface area contributed by atoms with E-state index in [1.54, 1.807) is 6.07 Å². The average molecular weight is 425 g/mol. The molecule has 1 aliphatic heterocycles. The zero-order valence-corrected chi connectivity index (χ0v) is 16.8. The Morgan fingerprint density at radius 1 is 1.14 bits per heavy atom. The van der Waals surface area contributed by atoms with E-state index < -0.39 is 21.9 Å². The van der Waals surface area contributed by atoms with Crippen molar-refractivity contribution >= 4 is 27.5 Å². The highest BCUT2D eigenvalue weighted by Crippen LogP contribution is 2.27. The topological polar surface area (TPSA) is 66.5 Å². The smallest absolute Gasteiger partial charge is 0.243 e. The highest BCUT2D eigenvalue weighted by molar-refractivity contribution is 7.89. The minimum Gasteiger partial charge on any atom is -0.352 e. The van der Waals surface area contributed by atoms with E-state index in [2.05, 4.69) is 5.32 Å². The molecule has 1 heterocycles. The van der Waals surface area contributed by atoms with Gasteiger partial charge < -0.3 is 5.32 Å². The lowest BCUT2D eigenvalue weighted by molar-refractivity contribution is -0.122. The van der Waals surface area contributed by atoms with Crippen molar-refractivity contribution in [2.45, 2.75) is 43.2 Å². The minimum atomic E-state index is -3.78. The first-order chi connectivity index (χ1) is 13.4. The van der Waals surface area contributed by atoms with Crippen molar-refractivity contribution in [1.29, 1.82) is 0 Å². The predicted octanol–water partition coefficient (Wildman–Crippen LogP) is 3.73. The molecule has 0 radical (unpaired) electrons. The van der Waals surface area contributed by atoms with Gasteiger partial charge in [0.2, 0.25) is 15.9 Å². The highest BCUT2D eigenvalue weighted by atomic mass is 35.5. The molecular weight excluding hydrogens is 403 g/mol. The summed E-state index contributed by atoms with van der Waals surface area (Å²) < 4.78 is 40.5. The fourth-order valence-electron chi connectivity index (χ4n) is 3.36. The van der Waals surface area contributed by atoms with Gasteiger partial charge in [-0.2, -0.15) is 4.31 Å². The van der Waals surface area contributed by atoms with Crippen LogP contribution < -0.4 is 5.32 Å². The molecule has 0 bridgehead atoms. The van der Waals surface area contributed by atoms with E-state index in [1.165, 1.54) is 16.4 Å².